The molecule has 4 nitrogen and oxygen atoms in total. The van der Waals surface area contributed by atoms with Crippen molar-refractivity contribution in [2.75, 3.05) is 33.7 Å². The van der Waals surface area contributed by atoms with Crippen LogP contribution in [0.15, 0.2) is 11.4 Å². The van der Waals surface area contributed by atoms with Gasteiger partial charge >= 0.3 is 5.97 Å². The number of carboxylic acid groups (broad SMARTS) is 1. The summed E-state index contributed by atoms with van der Waals surface area (Å²) >= 11 is 7.40. The third kappa shape index (κ3) is 6.02. The molecule has 6 heteroatoms. The number of aliphatic carboxylic acids is 1. The highest BCUT2D eigenvalue weighted by Crippen LogP contribution is 2.20. The van der Waals surface area contributed by atoms with E-state index in [1.54, 1.807) is 11.3 Å². The number of likely N-dealkylation sites (N-methyl/N-ethyl adjacent to an activating group) is 1. The second-order valence-electron chi connectivity index (χ2n) is 4.14. The molecule has 0 radical (unpaired) electrons. The molecule has 0 bridgehead atoms. The van der Waals surface area contributed by atoms with Crippen molar-refractivity contribution >= 4 is 28.9 Å². The van der Waals surface area contributed by atoms with Gasteiger partial charge in [-0.15, -0.1) is 11.3 Å². The Morgan fingerprint density at radius 3 is 2.65 bits per heavy atom. The molecular formula is C11H17ClN2O2S. The Morgan fingerprint density at radius 2 is 2.18 bits per heavy atom. The van der Waals surface area contributed by atoms with E-state index in [0.717, 1.165) is 18.0 Å². The molecule has 0 fully saturated rings. The van der Waals surface area contributed by atoms with Gasteiger partial charge in [-0.1, -0.05) is 11.6 Å². The van der Waals surface area contributed by atoms with Crippen LogP contribution in [0.3, 0.4) is 0 Å². The smallest absolute Gasteiger partial charge is 0.317 e. The molecule has 0 saturated heterocycles. The molecule has 0 atom stereocenters. The molecule has 0 aliphatic heterocycles. The molecule has 0 unspecified atom stereocenters. The maximum absolute atomic E-state index is 10.8. The minimum absolute atomic E-state index is 0.0589. The Balaban J connectivity index is 2.53. The number of thiophene rings is 1. The Morgan fingerprint density at radius 1 is 1.47 bits per heavy atom. The van der Waals surface area contributed by atoms with Crippen molar-refractivity contribution in [1.82, 2.24) is 9.80 Å². The summed E-state index contributed by atoms with van der Waals surface area (Å²) in [4.78, 5) is 15.8. The summed E-state index contributed by atoms with van der Waals surface area (Å²) < 4.78 is 0. The largest absolute Gasteiger partial charge is 0.480 e. The zero-order valence-electron chi connectivity index (χ0n) is 10.0. The van der Waals surface area contributed by atoms with Gasteiger partial charge in [0.2, 0.25) is 0 Å². The van der Waals surface area contributed by atoms with Crippen molar-refractivity contribution in [2.45, 2.75) is 6.54 Å². The highest BCUT2D eigenvalue weighted by atomic mass is 35.5. The molecule has 0 spiro atoms. The number of nitrogens with zero attached hydrogens (tertiary/aromatic N) is 2. The summed E-state index contributed by atoms with van der Waals surface area (Å²) in [6, 6.07) is 1.89. The van der Waals surface area contributed by atoms with E-state index in [4.69, 9.17) is 16.7 Å². The number of halogens is 1. The molecule has 1 N–H and O–H groups in total. The second-order valence-corrected chi connectivity index (χ2v) is 5.57. The van der Waals surface area contributed by atoms with Crippen molar-refractivity contribution in [2.24, 2.45) is 0 Å². The first-order chi connectivity index (χ1) is 7.97. The standard InChI is InChI=1S/C11H17ClN2O2S/c1-13(2)3-4-14(7-11(15)16)6-10-5-9(12)8-17-10/h5,8H,3-4,6-7H2,1-2H3,(H,15,16). The Bertz CT molecular complexity index is 368. The fourth-order valence-electron chi connectivity index (χ4n) is 1.40. The van der Waals surface area contributed by atoms with Gasteiger partial charge in [-0.25, -0.2) is 0 Å². The molecule has 96 valence electrons. The third-order valence-electron chi connectivity index (χ3n) is 2.22. The lowest BCUT2D eigenvalue weighted by atomic mass is 10.4. The lowest BCUT2D eigenvalue weighted by molar-refractivity contribution is -0.138. The number of carboxylic acids is 1. The monoisotopic (exact) mass is 276 g/mol. The lowest BCUT2D eigenvalue weighted by Crippen LogP contribution is -2.34. The van der Waals surface area contributed by atoms with Crippen LogP contribution in [0.25, 0.3) is 0 Å². The van der Waals surface area contributed by atoms with E-state index in [-0.39, 0.29) is 6.54 Å². The van der Waals surface area contributed by atoms with Crippen LogP contribution in [0.5, 0.6) is 0 Å². The van der Waals surface area contributed by atoms with Gasteiger partial charge in [-0.05, 0) is 20.2 Å². The molecular weight excluding hydrogens is 260 g/mol. The summed E-state index contributed by atoms with van der Waals surface area (Å²) in [5.74, 6) is -0.800. The van der Waals surface area contributed by atoms with E-state index < -0.39 is 5.97 Å². The summed E-state index contributed by atoms with van der Waals surface area (Å²) in [6.45, 7) is 2.27. The molecule has 1 heterocycles. The lowest BCUT2D eigenvalue weighted by Gasteiger charge is -2.21. The van der Waals surface area contributed by atoms with Crippen molar-refractivity contribution < 1.29 is 9.90 Å². The van der Waals surface area contributed by atoms with Gasteiger partial charge in [0, 0.05) is 29.9 Å². The Kier molecular flexibility index (Phi) is 5.91. The number of carbonyl (C=O) groups is 1. The summed E-state index contributed by atoms with van der Waals surface area (Å²) in [5, 5.41) is 11.4. The van der Waals surface area contributed by atoms with E-state index in [9.17, 15) is 4.79 Å². The van der Waals surface area contributed by atoms with Crippen LogP contribution in [0.4, 0.5) is 0 Å². The molecule has 0 aliphatic rings. The van der Waals surface area contributed by atoms with Crippen LogP contribution in [0.2, 0.25) is 5.02 Å². The SMILES string of the molecule is CN(C)CCN(CC(=O)O)Cc1cc(Cl)cs1. The molecule has 1 aromatic rings. The second kappa shape index (κ2) is 6.96. The van der Waals surface area contributed by atoms with E-state index >= 15 is 0 Å². The first-order valence-electron chi connectivity index (χ1n) is 5.29. The van der Waals surface area contributed by atoms with Gasteiger partial charge < -0.3 is 10.0 Å². The maximum Gasteiger partial charge on any atom is 0.317 e. The molecule has 1 rings (SSSR count). The average Bonchev–Trinajstić information content (AvgIpc) is 2.59. The number of hydrogen-bond donors (Lipinski definition) is 1. The molecule has 0 aliphatic carbocycles. The average molecular weight is 277 g/mol. The zero-order valence-corrected chi connectivity index (χ0v) is 11.6. The van der Waals surface area contributed by atoms with Gasteiger partial charge in [0.15, 0.2) is 0 Å². The number of rotatable bonds is 7. The van der Waals surface area contributed by atoms with Crippen LogP contribution in [-0.4, -0.2) is 54.6 Å². The van der Waals surface area contributed by atoms with Crippen molar-refractivity contribution in [1.29, 1.82) is 0 Å². The Labute approximate surface area is 110 Å². The van der Waals surface area contributed by atoms with E-state index in [2.05, 4.69) is 0 Å². The van der Waals surface area contributed by atoms with Gasteiger partial charge in [0.25, 0.3) is 0 Å². The van der Waals surface area contributed by atoms with E-state index in [1.165, 1.54) is 0 Å². The van der Waals surface area contributed by atoms with Gasteiger partial charge in [0.05, 0.1) is 11.6 Å². The molecule has 0 aromatic carbocycles. The molecule has 0 saturated carbocycles. The minimum Gasteiger partial charge on any atom is -0.480 e. The van der Waals surface area contributed by atoms with Crippen LogP contribution in [0, 0.1) is 0 Å². The number of hydrogen-bond acceptors (Lipinski definition) is 4. The molecule has 0 amide bonds. The van der Waals surface area contributed by atoms with Gasteiger partial charge in [-0.3, -0.25) is 9.69 Å². The summed E-state index contributed by atoms with van der Waals surface area (Å²) in [7, 11) is 3.95. The van der Waals surface area contributed by atoms with Crippen LogP contribution < -0.4 is 0 Å². The predicted molar refractivity (Wildman–Crippen MR) is 70.8 cm³/mol. The quantitative estimate of drug-likeness (QED) is 0.825. The maximum atomic E-state index is 10.8. The highest BCUT2D eigenvalue weighted by Gasteiger charge is 2.11. The van der Waals surface area contributed by atoms with E-state index in [1.807, 2.05) is 35.3 Å². The fourth-order valence-corrected chi connectivity index (χ4v) is 2.52. The minimum atomic E-state index is -0.800. The first-order valence-corrected chi connectivity index (χ1v) is 6.55. The molecule has 1 aromatic heterocycles. The van der Waals surface area contributed by atoms with E-state index in [0.29, 0.717) is 11.6 Å². The third-order valence-corrected chi connectivity index (χ3v) is 3.49. The van der Waals surface area contributed by atoms with Crippen LogP contribution >= 0.6 is 22.9 Å². The van der Waals surface area contributed by atoms with Crippen molar-refractivity contribution in [3.8, 4) is 0 Å². The van der Waals surface area contributed by atoms with Crippen LogP contribution in [-0.2, 0) is 11.3 Å². The Hall–Kier alpha value is -0.620. The van der Waals surface area contributed by atoms with Gasteiger partial charge in [-0.2, -0.15) is 0 Å². The highest BCUT2D eigenvalue weighted by molar-refractivity contribution is 7.10. The van der Waals surface area contributed by atoms with Gasteiger partial charge in [0.1, 0.15) is 0 Å². The topological polar surface area (TPSA) is 43.8 Å². The predicted octanol–water partition coefficient (Wildman–Crippen LogP) is 1.85. The fraction of sp³-hybridized carbons (Fsp3) is 0.545. The normalized spacial score (nSPS) is 11.4. The van der Waals surface area contributed by atoms with Crippen LogP contribution in [0.1, 0.15) is 4.88 Å². The molecule has 17 heavy (non-hydrogen) atoms. The zero-order chi connectivity index (χ0) is 12.8. The summed E-state index contributed by atoms with van der Waals surface area (Å²) in [6.07, 6.45) is 0. The van der Waals surface area contributed by atoms with Crippen molar-refractivity contribution in [3.05, 3.63) is 21.3 Å². The summed E-state index contributed by atoms with van der Waals surface area (Å²) in [5.41, 5.74) is 0. The first kappa shape index (κ1) is 14.4. The van der Waals surface area contributed by atoms with Crippen molar-refractivity contribution in [3.63, 3.8) is 0 Å².